The monoisotopic (exact) mass is 224 g/mol. The van der Waals surface area contributed by atoms with E-state index in [1.807, 2.05) is 12.2 Å². The Morgan fingerprint density at radius 3 is 3.00 bits per heavy atom. The Kier molecular flexibility index (Phi) is 4.30. The highest BCUT2D eigenvalue weighted by molar-refractivity contribution is 7.80. The van der Waals surface area contributed by atoms with Crippen LogP contribution in [0.25, 0.3) is 6.08 Å². The Labute approximate surface area is 93.6 Å². The predicted molar refractivity (Wildman–Crippen MR) is 63.1 cm³/mol. The molecule has 0 aliphatic heterocycles. The highest BCUT2D eigenvalue weighted by Crippen LogP contribution is 2.17. The zero-order chi connectivity index (χ0) is 11.3. The SMILES string of the molecule is Cc1ncc(C=CCCS)cc1[N+](=O)[O-]. The summed E-state index contributed by atoms with van der Waals surface area (Å²) in [6.07, 6.45) is 6.20. The summed E-state index contributed by atoms with van der Waals surface area (Å²) in [5.74, 6) is 0.762. The van der Waals surface area contributed by atoms with Crippen molar-refractivity contribution in [1.29, 1.82) is 0 Å². The molecule has 0 saturated heterocycles. The van der Waals surface area contributed by atoms with Crippen LogP contribution in [-0.4, -0.2) is 15.7 Å². The van der Waals surface area contributed by atoms with E-state index in [1.54, 1.807) is 13.1 Å². The fraction of sp³-hybridized carbons (Fsp3) is 0.300. The largest absolute Gasteiger partial charge is 0.291 e. The predicted octanol–water partition coefficient (Wildman–Crippen LogP) is 2.63. The van der Waals surface area contributed by atoms with Crippen molar-refractivity contribution >= 4 is 24.4 Å². The molecule has 0 bridgehead atoms. The van der Waals surface area contributed by atoms with Crippen LogP contribution in [0, 0.1) is 17.0 Å². The first-order chi connectivity index (χ1) is 7.15. The molecule has 0 unspecified atom stereocenters. The maximum Gasteiger partial charge on any atom is 0.291 e. The third kappa shape index (κ3) is 3.36. The van der Waals surface area contributed by atoms with Gasteiger partial charge in [-0.3, -0.25) is 15.1 Å². The maximum atomic E-state index is 10.6. The number of hydrogen-bond acceptors (Lipinski definition) is 4. The van der Waals surface area contributed by atoms with Crippen LogP contribution >= 0.6 is 12.6 Å². The number of nitro groups is 1. The second-order valence-corrected chi connectivity index (χ2v) is 3.49. The van der Waals surface area contributed by atoms with Gasteiger partial charge in [-0.2, -0.15) is 12.6 Å². The molecular formula is C10H12N2O2S. The van der Waals surface area contributed by atoms with Crippen LogP contribution in [0.5, 0.6) is 0 Å². The number of nitrogens with zero attached hydrogens (tertiary/aromatic N) is 2. The first kappa shape index (κ1) is 11.7. The van der Waals surface area contributed by atoms with Crippen LogP contribution in [0.2, 0.25) is 0 Å². The van der Waals surface area contributed by atoms with E-state index in [4.69, 9.17) is 0 Å². The van der Waals surface area contributed by atoms with Gasteiger partial charge < -0.3 is 0 Å². The van der Waals surface area contributed by atoms with Gasteiger partial charge in [0, 0.05) is 12.3 Å². The molecule has 4 nitrogen and oxygen atoms in total. The number of allylic oxidation sites excluding steroid dienone is 1. The van der Waals surface area contributed by atoms with Gasteiger partial charge in [-0.25, -0.2) is 0 Å². The van der Waals surface area contributed by atoms with Gasteiger partial charge in [-0.05, 0) is 24.7 Å². The van der Waals surface area contributed by atoms with Crippen molar-refractivity contribution in [2.45, 2.75) is 13.3 Å². The molecule has 1 rings (SSSR count). The number of hydrogen-bond donors (Lipinski definition) is 1. The van der Waals surface area contributed by atoms with E-state index in [-0.39, 0.29) is 5.69 Å². The quantitative estimate of drug-likeness (QED) is 0.486. The van der Waals surface area contributed by atoms with Gasteiger partial charge in [0.05, 0.1) is 4.92 Å². The second kappa shape index (κ2) is 5.50. The average Bonchev–Trinajstić information content (AvgIpc) is 2.20. The molecule has 15 heavy (non-hydrogen) atoms. The normalized spacial score (nSPS) is 10.8. The number of thiol groups is 1. The van der Waals surface area contributed by atoms with Crippen LogP contribution in [0.1, 0.15) is 17.7 Å². The van der Waals surface area contributed by atoms with Gasteiger partial charge >= 0.3 is 0 Å². The number of aryl methyl sites for hydroxylation is 1. The van der Waals surface area contributed by atoms with Crippen molar-refractivity contribution in [2.24, 2.45) is 0 Å². The average molecular weight is 224 g/mol. The van der Waals surface area contributed by atoms with Crippen LogP contribution in [0.4, 0.5) is 5.69 Å². The summed E-state index contributed by atoms with van der Waals surface area (Å²) in [6.45, 7) is 1.62. The van der Waals surface area contributed by atoms with E-state index in [0.29, 0.717) is 5.69 Å². The topological polar surface area (TPSA) is 56.0 Å². The van der Waals surface area contributed by atoms with E-state index >= 15 is 0 Å². The van der Waals surface area contributed by atoms with E-state index in [1.165, 1.54) is 6.07 Å². The summed E-state index contributed by atoms with van der Waals surface area (Å²) < 4.78 is 0. The second-order valence-electron chi connectivity index (χ2n) is 3.04. The molecule has 0 atom stereocenters. The molecule has 1 aromatic heterocycles. The lowest BCUT2D eigenvalue weighted by atomic mass is 10.2. The van der Waals surface area contributed by atoms with Crippen molar-refractivity contribution in [3.8, 4) is 0 Å². The van der Waals surface area contributed by atoms with Crippen LogP contribution in [-0.2, 0) is 0 Å². The van der Waals surface area contributed by atoms with E-state index in [2.05, 4.69) is 17.6 Å². The van der Waals surface area contributed by atoms with Gasteiger partial charge in [0.25, 0.3) is 5.69 Å². The summed E-state index contributed by atoms with van der Waals surface area (Å²) in [5.41, 5.74) is 1.24. The third-order valence-electron chi connectivity index (χ3n) is 1.88. The molecule has 0 aliphatic rings. The molecule has 0 N–H and O–H groups in total. The Balaban J connectivity index is 2.92. The van der Waals surface area contributed by atoms with Gasteiger partial charge in [0.15, 0.2) is 0 Å². The molecule has 1 heterocycles. The van der Waals surface area contributed by atoms with Gasteiger partial charge in [0.1, 0.15) is 5.69 Å². The molecule has 0 aromatic carbocycles. The Morgan fingerprint density at radius 2 is 2.40 bits per heavy atom. The highest BCUT2D eigenvalue weighted by atomic mass is 32.1. The van der Waals surface area contributed by atoms with Crippen LogP contribution < -0.4 is 0 Å². The van der Waals surface area contributed by atoms with Crippen molar-refractivity contribution in [3.63, 3.8) is 0 Å². The fourth-order valence-electron chi connectivity index (χ4n) is 1.11. The summed E-state index contributed by atoms with van der Waals surface area (Å²) in [7, 11) is 0. The minimum atomic E-state index is -0.418. The van der Waals surface area contributed by atoms with Gasteiger partial charge in [-0.1, -0.05) is 12.2 Å². The molecule has 0 aliphatic carbocycles. The molecule has 80 valence electrons. The standard InChI is InChI=1S/C10H12N2O2S/c1-8-10(12(13)14)6-9(7-11-8)4-2-3-5-15/h2,4,6-7,15H,3,5H2,1H3. The van der Waals surface area contributed by atoms with E-state index < -0.39 is 4.92 Å². The summed E-state index contributed by atoms with van der Waals surface area (Å²) in [6, 6.07) is 1.53. The van der Waals surface area contributed by atoms with Gasteiger partial charge in [0.2, 0.25) is 0 Å². The van der Waals surface area contributed by atoms with Crippen LogP contribution in [0.15, 0.2) is 18.3 Å². The first-order valence-corrected chi connectivity index (χ1v) is 5.17. The molecule has 0 fully saturated rings. The number of pyridine rings is 1. The maximum absolute atomic E-state index is 10.6. The van der Waals surface area contributed by atoms with Crippen molar-refractivity contribution < 1.29 is 4.92 Å². The van der Waals surface area contributed by atoms with E-state index in [9.17, 15) is 10.1 Å². The smallest absolute Gasteiger partial charge is 0.258 e. The highest BCUT2D eigenvalue weighted by Gasteiger charge is 2.10. The molecule has 0 amide bonds. The minimum absolute atomic E-state index is 0.0584. The lowest BCUT2D eigenvalue weighted by Crippen LogP contribution is -1.94. The summed E-state index contributed by atoms with van der Waals surface area (Å²) in [4.78, 5) is 14.2. The molecule has 0 saturated carbocycles. The molecule has 0 radical (unpaired) electrons. The number of rotatable bonds is 4. The van der Waals surface area contributed by atoms with Crippen LogP contribution in [0.3, 0.4) is 0 Å². The summed E-state index contributed by atoms with van der Waals surface area (Å²) in [5, 5.41) is 10.6. The molecule has 0 spiro atoms. The lowest BCUT2D eigenvalue weighted by Gasteiger charge is -1.97. The zero-order valence-electron chi connectivity index (χ0n) is 8.38. The Bertz CT molecular complexity index is 391. The summed E-state index contributed by atoms with van der Waals surface area (Å²) >= 11 is 4.06. The minimum Gasteiger partial charge on any atom is -0.258 e. The van der Waals surface area contributed by atoms with Gasteiger partial charge in [-0.15, -0.1) is 0 Å². The first-order valence-electron chi connectivity index (χ1n) is 4.53. The fourth-order valence-corrected chi connectivity index (χ4v) is 1.26. The van der Waals surface area contributed by atoms with Crippen molar-refractivity contribution in [2.75, 3.05) is 5.75 Å². The molecule has 5 heteroatoms. The molecular weight excluding hydrogens is 212 g/mol. The van der Waals surface area contributed by atoms with E-state index in [0.717, 1.165) is 17.7 Å². The number of aromatic nitrogens is 1. The molecule has 1 aromatic rings. The third-order valence-corrected chi connectivity index (χ3v) is 2.14. The lowest BCUT2D eigenvalue weighted by molar-refractivity contribution is -0.385. The van der Waals surface area contributed by atoms with Crippen molar-refractivity contribution in [3.05, 3.63) is 39.7 Å². The zero-order valence-corrected chi connectivity index (χ0v) is 9.28. The Hall–Kier alpha value is -1.36. The van der Waals surface area contributed by atoms with Crippen molar-refractivity contribution in [1.82, 2.24) is 4.98 Å². The Morgan fingerprint density at radius 1 is 1.67 bits per heavy atom.